The quantitative estimate of drug-likeness (QED) is 0.406. The van der Waals surface area contributed by atoms with E-state index in [1.165, 1.54) is 11.8 Å². The summed E-state index contributed by atoms with van der Waals surface area (Å²) in [5, 5.41) is 20.0. The number of hydrogen-bond donors (Lipinski definition) is 1. The van der Waals surface area contributed by atoms with Crippen LogP contribution in [0.3, 0.4) is 0 Å². The highest BCUT2D eigenvalue weighted by atomic mass is 32.2. The highest BCUT2D eigenvalue weighted by molar-refractivity contribution is 7.99. The Hall–Kier alpha value is -3.49. The molecule has 2 heterocycles. The molecule has 0 bridgehead atoms. The molecule has 3 aromatic carbocycles. The van der Waals surface area contributed by atoms with Crippen LogP contribution in [0.2, 0.25) is 0 Å². The summed E-state index contributed by atoms with van der Waals surface area (Å²) in [6.45, 7) is 0.416. The molecular formula is C24H21N3O4S. The van der Waals surface area contributed by atoms with Crippen LogP contribution in [0.5, 0.6) is 17.2 Å². The van der Waals surface area contributed by atoms with Crippen molar-refractivity contribution in [1.29, 1.82) is 0 Å². The molecule has 5 rings (SSSR count). The maximum atomic E-state index is 10.4. The van der Waals surface area contributed by atoms with Crippen molar-refractivity contribution in [3.63, 3.8) is 0 Å². The molecule has 1 atom stereocenters. The first-order valence-electron chi connectivity index (χ1n) is 10.2. The molecule has 1 aliphatic rings. The number of aromatic nitrogens is 3. The van der Waals surface area contributed by atoms with Crippen molar-refractivity contribution < 1.29 is 19.3 Å². The molecule has 0 saturated heterocycles. The van der Waals surface area contributed by atoms with Gasteiger partial charge in [-0.05, 0) is 42.5 Å². The Labute approximate surface area is 189 Å². The summed E-state index contributed by atoms with van der Waals surface area (Å²) in [4.78, 5) is 0. The van der Waals surface area contributed by atoms with Gasteiger partial charge in [-0.1, -0.05) is 48.2 Å². The fourth-order valence-corrected chi connectivity index (χ4v) is 4.18. The number of ether oxygens (including phenoxy) is 3. The lowest BCUT2D eigenvalue weighted by molar-refractivity contribution is 0.126. The third kappa shape index (κ3) is 4.42. The zero-order valence-electron chi connectivity index (χ0n) is 17.1. The zero-order valence-corrected chi connectivity index (χ0v) is 17.9. The predicted octanol–water partition coefficient (Wildman–Crippen LogP) is 4.20. The summed E-state index contributed by atoms with van der Waals surface area (Å²) in [5.41, 5.74) is 1.80. The maximum Gasteiger partial charge on any atom is 0.231 e. The summed E-state index contributed by atoms with van der Waals surface area (Å²) in [5.74, 6) is 3.24. The number of aliphatic hydroxyl groups is 1. The van der Waals surface area contributed by atoms with Gasteiger partial charge in [-0.15, -0.1) is 10.2 Å². The van der Waals surface area contributed by atoms with E-state index in [4.69, 9.17) is 14.2 Å². The van der Waals surface area contributed by atoms with Crippen molar-refractivity contribution in [1.82, 2.24) is 14.8 Å². The number of benzene rings is 3. The summed E-state index contributed by atoms with van der Waals surface area (Å²) in [6.07, 6.45) is -0.657. The molecule has 1 N–H and O–H groups in total. The minimum absolute atomic E-state index is 0.200. The number of hydrogen-bond acceptors (Lipinski definition) is 7. The van der Waals surface area contributed by atoms with Gasteiger partial charge in [-0.3, -0.25) is 4.57 Å². The largest absolute Gasteiger partial charge is 0.491 e. The van der Waals surface area contributed by atoms with Crippen LogP contribution in [0.25, 0.3) is 17.1 Å². The third-order valence-electron chi connectivity index (χ3n) is 4.87. The molecule has 7 nitrogen and oxygen atoms in total. The van der Waals surface area contributed by atoms with Gasteiger partial charge in [0.25, 0.3) is 0 Å². The number of aliphatic hydroxyl groups excluding tert-OH is 1. The average molecular weight is 448 g/mol. The molecular weight excluding hydrogens is 426 g/mol. The van der Waals surface area contributed by atoms with Gasteiger partial charge in [0, 0.05) is 17.0 Å². The average Bonchev–Trinajstić information content (AvgIpc) is 3.49. The predicted molar refractivity (Wildman–Crippen MR) is 122 cm³/mol. The van der Waals surface area contributed by atoms with Crippen LogP contribution < -0.4 is 14.2 Å². The van der Waals surface area contributed by atoms with Crippen LogP contribution in [0.15, 0.2) is 84.0 Å². The standard InChI is InChI=1S/C24H21N3O4S/c28-19(14-29-20-9-5-2-6-10-20)15-32-24-26-25-23(27(24)18-7-3-1-4-8-18)17-11-12-21-22(13-17)31-16-30-21/h1-13,19,28H,14-16H2. The minimum Gasteiger partial charge on any atom is -0.491 e. The monoisotopic (exact) mass is 447 g/mol. The topological polar surface area (TPSA) is 78.6 Å². The molecule has 0 radical (unpaired) electrons. The number of nitrogens with zero attached hydrogens (tertiary/aromatic N) is 3. The first kappa shape index (κ1) is 20.4. The van der Waals surface area contributed by atoms with Crippen molar-refractivity contribution in [3.8, 4) is 34.3 Å². The number of rotatable bonds is 8. The van der Waals surface area contributed by atoms with E-state index >= 15 is 0 Å². The van der Waals surface area contributed by atoms with Crippen molar-refractivity contribution in [3.05, 3.63) is 78.9 Å². The van der Waals surface area contributed by atoms with E-state index in [1.807, 2.05) is 83.4 Å². The van der Waals surface area contributed by atoms with Gasteiger partial charge >= 0.3 is 0 Å². The van der Waals surface area contributed by atoms with E-state index in [2.05, 4.69) is 10.2 Å². The number of para-hydroxylation sites is 2. The lowest BCUT2D eigenvalue weighted by Gasteiger charge is -2.13. The molecule has 32 heavy (non-hydrogen) atoms. The van der Waals surface area contributed by atoms with Gasteiger partial charge in [0.05, 0.1) is 6.10 Å². The summed E-state index contributed by atoms with van der Waals surface area (Å²) in [6, 6.07) is 25.1. The molecule has 8 heteroatoms. The molecule has 0 fully saturated rings. The van der Waals surface area contributed by atoms with Crippen molar-refractivity contribution in [2.24, 2.45) is 0 Å². The summed E-state index contributed by atoms with van der Waals surface area (Å²) >= 11 is 1.43. The van der Waals surface area contributed by atoms with Gasteiger partial charge in [-0.2, -0.15) is 0 Å². The van der Waals surface area contributed by atoms with E-state index in [0.29, 0.717) is 22.5 Å². The third-order valence-corrected chi connectivity index (χ3v) is 5.94. The Kier molecular flexibility index (Phi) is 5.96. The van der Waals surface area contributed by atoms with E-state index in [1.54, 1.807) is 0 Å². The Morgan fingerprint density at radius 3 is 2.50 bits per heavy atom. The SMILES string of the molecule is OC(COc1ccccc1)CSc1nnc(-c2ccc3c(c2)OCO3)n1-c1ccccc1. The zero-order chi connectivity index (χ0) is 21.8. The van der Waals surface area contributed by atoms with E-state index in [9.17, 15) is 5.11 Å². The van der Waals surface area contributed by atoms with Crippen LogP contribution in [-0.2, 0) is 0 Å². The van der Waals surface area contributed by atoms with Gasteiger partial charge in [0.2, 0.25) is 6.79 Å². The molecule has 0 spiro atoms. The van der Waals surface area contributed by atoms with Crippen LogP contribution in [-0.4, -0.2) is 45.1 Å². The van der Waals surface area contributed by atoms with Crippen LogP contribution in [0, 0.1) is 0 Å². The normalized spacial score (nSPS) is 13.2. The maximum absolute atomic E-state index is 10.4. The Balaban J connectivity index is 1.37. The Morgan fingerprint density at radius 2 is 1.69 bits per heavy atom. The smallest absolute Gasteiger partial charge is 0.231 e. The molecule has 1 aliphatic heterocycles. The number of fused-ring (bicyclic) bond motifs is 1. The van der Waals surface area contributed by atoms with E-state index in [-0.39, 0.29) is 13.4 Å². The fourth-order valence-electron chi connectivity index (χ4n) is 3.32. The van der Waals surface area contributed by atoms with Gasteiger partial charge < -0.3 is 19.3 Å². The molecule has 1 aromatic heterocycles. The highest BCUT2D eigenvalue weighted by Crippen LogP contribution is 2.37. The van der Waals surface area contributed by atoms with Crippen molar-refractivity contribution in [2.45, 2.75) is 11.3 Å². The van der Waals surface area contributed by atoms with E-state index < -0.39 is 6.10 Å². The van der Waals surface area contributed by atoms with Crippen molar-refractivity contribution >= 4 is 11.8 Å². The molecule has 0 amide bonds. The molecule has 1 unspecified atom stereocenters. The van der Waals surface area contributed by atoms with Crippen LogP contribution in [0.1, 0.15) is 0 Å². The summed E-state index contributed by atoms with van der Waals surface area (Å²) in [7, 11) is 0. The van der Waals surface area contributed by atoms with E-state index in [0.717, 1.165) is 22.7 Å². The second-order valence-electron chi connectivity index (χ2n) is 7.13. The van der Waals surface area contributed by atoms with Crippen LogP contribution in [0.4, 0.5) is 0 Å². The second kappa shape index (κ2) is 9.33. The van der Waals surface area contributed by atoms with Crippen LogP contribution >= 0.6 is 11.8 Å². The molecule has 4 aromatic rings. The lowest BCUT2D eigenvalue weighted by Crippen LogP contribution is -2.20. The molecule has 162 valence electrons. The lowest BCUT2D eigenvalue weighted by atomic mass is 10.2. The van der Waals surface area contributed by atoms with Gasteiger partial charge in [0.1, 0.15) is 12.4 Å². The van der Waals surface area contributed by atoms with Gasteiger partial charge in [-0.25, -0.2) is 0 Å². The Morgan fingerprint density at radius 1 is 0.938 bits per heavy atom. The Bertz CT molecular complexity index is 1180. The fraction of sp³-hybridized carbons (Fsp3) is 0.167. The van der Waals surface area contributed by atoms with Crippen molar-refractivity contribution in [2.75, 3.05) is 19.2 Å². The first-order valence-corrected chi connectivity index (χ1v) is 11.2. The first-order chi connectivity index (χ1) is 15.8. The van der Waals surface area contributed by atoms with Gasteiger partial charge in [0.15, 0.2) is 22.5 Å². The summed E-state index contributed by atoms with van der Waals surface area (Å²) < 4.78 is 18.6. The molecule has 0 saturated carbocycles. The minimum atomic E-state index is -0.657. The highest BCUT2D eigenvalue weighted by Gasteiger charge is 2.20. The number of thioether (sulfide) groups is 1. The molecule has 0 aliphatic carbocycles. The second-order valence-corrected chi connectivity index (χ2v) is 8.12.